The minimum atomic E-state index is -0.810. The fourth-order valence-electron chi connectivity index (χ4n) is 4.31. The van der Waals surface area contributed by atoms with E-state index >= 15 is 0 Å². The molecule has 1 heterocycles. The Morgan fingerprint density at radius 1 is 1.09 bits per heavy atom. The van der Waals surface area contributed by atoms with Gasteiger partial charge in [-0.25, -0.2) is 0 Å². The molecule has 0 aromatic heterocycles. The van der Waals surface area contributed by atoms with Crippen LogP contribution in [0.15, 0.2) is 48.0 Å². The van der Waals surface area contributed by atoms with Crippen LogP contribution in [0.3, 0.4) is 0 Å². The molecule has 2 aromatic rings. The van der Waals surface area contributed by atoms with Crippen LogP contribution in [0.2, 0.25) is 0 Å². The third kappa shape index (κ3) is 5.39. The van der Waals surface area contributed by atoms with Gasteiger partial charge >= 0.3 is 5.97 Å². The Morgan fingerprint density at radius 3 is 2.40 bits per heavy atom. The molecule has 1 unspecified atom stereocenters. The number of benzene rings is 2. The number of hydrogen-bond donors (Lipinski definition) is 1. The van der Waals surface area contributed by atoms with Crippen molar-refractivity contribution in [2.75, 3.05) is 13.2 Å². The highest BCUT2D eigenvalue weighted by Crippen LogP contribution is 2.41. The maximum Gasteiger partial charge on any atom is 0.308 e. The number of esters is 1. The number of hydrogen-bond acceptors (Lipinski definition) is 6. The molecular formula is C28H33NO6. The van der Waals surface area contributed by atoms with Gasteiger partial charge in [0.2, 0.25) is 0 Å². The lowest BCUT2D eigenvalue weighted by molar-refractivity contribution is -0.139. The minimum absolute atomic E-state index is 0.00689. The van der Waals surface area contributed by atoms with Crippen molar-refractivity contribution in [2.45, 2.75) is 59.4 Å². The molecule has 186 valence electrons. The van der Waals surface area contributed by atoms with E-state index in [1.165, 1.54) is 11.8 Å². The SMILES string of the molecule is CCCN1C(=O)C(=O)/C(=C(/O)c2ccc(OCC)c(C(C)(C)C)c2)C1c1cccc(OC(C)=O)c1. The summed E-state index contributed by atoms with van der Waals surface area (Å²) in [5.41, 5.74) is 1.59. The molecule has 1 saturated heterocycles. The number of carbonyl (C=O) groups excluding carboxylic acids is 3. The quantitative estimate of drug-likeness (QED) is 0.194. The monoisotopic (exact) mass is 479 g/mol. The second-order valence-corrected chi connectivity index (χ2v) is 9.55. The average molecular weight is 480 g/mol. The predicted molar refractivity (Wildman–Crippen MR) is 133 cm³/mol. The van der Waals surface area contributed by atoms with Gasteiger partial charge in [0.05, 0.1) is 18.2 Å². The standard InChI is InChI=1S/C28H33NO6/c1-7-14-29-24(18-10-9-11-20(15-18)35-17(3)30)23(26(32)27(29)33)25(31)19-12-13-22(34-8-2)21(16-19)28(4,5)6/h9-13,15-16,24,31H,7-8,14H2,1-6H3/b25-23+. The van der Waals surface area contributed by atoms with E-state index in [0.717, 1.165) is 5.56 Å². The highest BCUT2D eigenvalue weighted by atomic mass is 16.5. The van der Waals surface area contributed by atoms with Gasteiger partial charge in [0.15, 0.2) is 0 Å². The summed E-state index contributed by atoms with van der Waals surface area (Å²) in [5, 5.41) is 11.4. The molecule has 1 fully saturated rings. The number of nitrogens with zero attached hydrogens (tertiary/aromatic N) is 1. The van der Waals surface area contributed by atoms with E-state index in [9.17, 15) is 19.5 Å². The molecule has 35 heavy (non-hydrogen) atoms. The first-order chi connectivity index (χ1) is 16.5. The van der Waals surface area contributed by atoms with E-state index in [1.807, 2.05) is 34.6 Å². The van der Waals surface area contributed by atoms with Crippen LogP contribution in [-0.2, 0) is 19.8 Å². The first kappa shape index (κ1) is 26.0. The summed E-state index contributed by atoms with van der Waals surface area (Å²) >= 11 is 0. The lowest BCUT2D eigenvalue weighted by atomic mass is 9.84. The fraction of sp³-hybridized carbons (Fsp3) is 0.393. The summed E-state index contributed by atoms with van der Waals surface area (Å²) in [6.45, 7) is 12.1. The molecule has 1 N–H and O–H groups in total. The van der Waals surface area contributed by atoms with E-state index in [2.05, 4.69) is 0 Å². The number of ketones is 1. The van der Waals surface area contributed by atoms with Gasteiger partial charge in [0.1, 0.15) is 17.3 Å². The first-order valence-corrected chi connectivity index (χ1v) is 11.8. The molecule has 0 aliphatic carbocycles. The van der Waals surface area contributed by atoms with Crippen LogP contribution in [-0.4, -0.2) is 40.8 Å². The van der Waals surface area contributed by atoms with Gasteiger partial charge in [0.25, 0.3) is 11.7 Å². The van der Waals surface area contributed by atoms with Crippen molar-refractivity contribution in [3.63, 3.8) is 0 Å². The van der Waals surface area contributed by atoms with Crippen molar-refractivity contribution in [3.8, 4) is 11.5 Å². The van der Waals surface area contributed by atoms with Crippen molar-refractivity contribution >= 4 is 23.4 Å². The molecule has 7 heteroatoms. The second kappa shape index (κ2) is 10.3. The summed E-state index contributed by atoms with van der Waals surface area (Å²) < 4.78 is 11.0. The number of aliphatic hydroxyl groups excluding tert-OH is 1. The average Bonchev–Trinajstić information content (AvgIpc) is 3.03. The maximum absolute atomic E-state index is 13.2. The van der Waals surface area contributed by atoms with E-state index in [4.69, 9.17) is 9.47 Å². The molecule has 3 rings (SSSR count). The van der Waals surface area contributed by atoms with Crippen LogP contribution in [0.5, 0.6) is 11.5 Å². The van der Waals surface area contributed by atoms with Gasteiger partial charge < -0.3 is 19.5 Å². The number of aliphatic hydroxyl groups is 1. The minimum Gasteiger partial charge on any atom is -0.507 e. The zero-order valence-electron chi connectivity index (χ0n) is 21.2. The lowest BCUT2D eigenvalue weighted by Crippen LogP contribution is -2.30. The number of Topliss-reactive ketones (excluding diaryl/α,β-unsaturated/α-hetero) is 1. The van der Waals surface area contributed by atoms with Crippen molar-refractivity contribution in [3.05, 3.63) is 64.7 Å². The van der Waals surface area contributed by atoms with E-state index in [0.29, 0.717) is 42.2 Å². The van der Waals surface area contributed by atoms with Crippen molar-refractivity contribution in [1.82, 2.24) is 4.90 Å². The molecule has 0 saturated carbocycles. The highest BCUT2D eigenvalue weighted by molar-refractivity contribution is 6.46. The van der Waals surface area contributed by atoms with Crippen LogP contribution in [0, 0.1) is 0 Å². The summed E-state index contributed by atoms with van der Waals surface area (Å²) in [6, 6.07) is 11.1. The van der Waals surface area contributed by atoms with Crippen LogP contribution >= 0.6 is 0 Å². The number of ether oxygens (including phenoxy) is 2. The van der Waals surface area contributed by atoms with E-state index in [1.54, 1.807) is 42.5 Å². The van der Waals surface area contributed by atoms with Crippen LogP contribution in [0.25, 0.3) is 5.76 Å². The topological polar surface area (TPSA) is 93.1 Å². The Morgan fingerprint density at radius 2 is 1.80 bits per heavy atom. The van der Waals surface area contributed by atoms with Gasteiger partial charge in [-0.05, 0) is 54.7 Å². The molecule has 0 radical (unpaired) electrons. The zero-order chi connectivity index (χ0) is 25.9. The highest BCUT2D eigenvalue weighted by Gasteiger charge is 2.45. The number of amides is 1. The third-order valence-corrected chi connectivity index (χ3v) is 5.80. The van der Waals surface area contributed by atoms with Crippen LogP contribution in [0.1, 0.15) is 70.7 Å². The van der Waals surface area contributed by atoms with E-state index in [-0.39, 0.29) is 16.7 Å². The number of carbonyl (C=O) groups is 3. The van der Waals surface area contributed by atoms with Crippen molar-refractivity contribution in [1.29, 1.82) is 0 Å². The lowest BCUT2D eigenvalue weighted by Gasteiger charge is -2.26. The maximum atomic E-state index is 13.2. The predicted octanol–water partition coefficient (Wildman–Crippen LogP) is 5.14. The molecule has 1 aliphatic heterocycles. The summed E-state index contributed by atoms with van der Waals surface area (Å²) in [5.74, 6) is -1.14. The van der Waals surface area contributed by atoms with Crippen molar-refractivity contribution in [2.24, 2.45) is 0 Å². The van der Waals surface area contributed by atoms with E-state index < -0.39 is 23.7 Å². The van der Waals surface area contributed by atoms with Gasteiger partial charge in [-0.2, -0.15) is 0 Å². The normalized spacial score (nSPS) is 17.5. The second-order valence-electron chi connectivity index (χ2n) is 9.55. The molecule has 0 spiro atoms. The Bertz CT molecular complexity index is 1170. The molecule has 7 nitrogen and oxygen atoms in total. The fourth-order valence-corrected chi connectivity index (χ4v) is 4.31. The molecule has 1 amide bonds. The number of likely N-dealkylation sites (tertiary alicyclic amines) is 1. The largest absolute Gasteiger partial charge is 0.507 e. The molecule has 1 atom stereocenters. The summed E-state index contributed by atoms with van der Waals surface area (Å²) in [4.78, 5) is 39.1. The third-order valence-electron chi connectivity index (χ3n) is 5.80. The van der Waals surface area contributed by atoms with Gasteiger partial charge in [-0.3, -0.25) is 14.4 Å². The zero-order valence-corrected chi connectivity index (χ0v) is 21.2. The Hall–Kier alpha value is -3.61. The summed E-state index contributed by atoms with van der Waals surface area (Å²) in [7, 11) is 0. The summed E-state index contributed by atoms with van der Waals surface area (Å²) in [6.07, 6.45) is 0.629. The van der Waals surface area contributed by atoms with Crippen molar-refractivity contribution < 1.29 is 29.0 Å². The van der Waals surface area contributed by atoms with Crippen LogP contribution in [0.4, 0.5) is 0 Å². The molecule has 2 aromatic carbocycles. The Balaban J connectivity index is 2.21. The Kier molecular flexibility index (Phi) is 7.68. The molecule has 0 bridgehead atoms. The molecule has 1 aliphatic rings. The van der Waals surface area contributed by atoms with Gasteiger partial charge in [0, 0.05) is 24.6 Å². The van der Waals surface area contributed by atoms with Crippen LogP contribution < -0.4 is 9.47 Å². The van der Waals surface area contributed by atoms with Gasteiger partial charge in [-0.1, -0.05) is 39.8 Å². The molecular weight excluding hydrogens is 446 g/mol. The number of rotatable bonds is 7. The Labute approximate surface area is 206 Å². The van der Waals surface area contributed by atoms with Gasteiger partial charge in [-0.15, -0.1) is 0 Å². The first-order valence-electron chi connectivity index (χ1n) is 11.8. The smallest absolute Gasteiger partial charge is 0.308 e.